The van der Waals surface area contributed by atoms with Crippen LogP contribution in [0.2, 0.25) is 0 Å². The molecule has 0 spiro atoms. The molecule has 226 valence electrons. The maximum atomic E-state index is 13.6. The van der Waals surface area contributed by atoms with Gasteiger partial charge in [-0.05, 0) is 62.3 Å². The molecule has 0 bridgehead atoms. The van der Waals surface area contributed by atoms with Gasteiger partial charge in [-0.3, -0.25) is 9.59 Å². The zero-order valence-electron chi connectivity index (χ0n) is 24.8. The number of aliphatic imine (C=N–C) groups is 1. The molecule has 3 aliphatic rings. The highest BCUT2D eigenvalue weighted by atomic mass is 32.2. The number of likely N-dealkylation sites (tertiary alicyclic amines) is 1. The minimum Gasteiger partial charge on any atom is -0.489 e. The van der Waals surface area contributed by atoms with Crippen molar-refractivity contribution in [3.8, 4) is 5.75 Å². The second kappa shape index (κ2) is 13.9. The number of amidine groups is 1. The Hall–Kier alpha value is -4.05. The predicted octanol–water partition coefficient (Wildman–Crippen LogP) is 5.60. The average Bonchev–Trinajstić information content (AvgIpc) is 3.41. The number of rotatable bonds is 10. The molecule has 5 rings (SSSR count). The maximum absolute atomic E-state index is 13.6. The number of nitrogens with zero attached hydrogens (tertiary/aromatic N) is 3. The van der Waals surface area contributed by atoms with Crippen LogP contribution in [0.3, 0.4) is 0 Å². The molecule has 1 fully saturated rings. The first-order chi connectivity index (χ1) is 20.9. The van der Waals surface area contributed by atoms with Crippen molar-refractivity contribution in [1.29, 1.82) is 0 Å². The van der Waals surface area contributed by atoms with Crippen molar-refractivity contribution in [2.75, 3.05) is 26.3 Å². The molecular formula is C33H37N3O6S. The van der Waals surface area contributed by atoms with E-state index in [1.54, 1.807) is 18.7 Å². The molecule has 2 aromatic carbocycles. The van der Waals surface area contributed by atoms with Crippen LogP contribution in [0, 0.1) is 5.92 Å². The molecule has 0 unspecified atom stereocenters. The van der Waals surface area contributed by atoms with Crippen molar-refractivity contribution in [2.45, 2.75) is 52.7 Å². The average molecular weight is 604 g/mol. The van der Waals surface area contributed by atoms with Gasteiger partial charge in [0.25, 0.3) is 0 Å². The first-order valence-corrected chi connectivity index (χ1v) is 15.6. The molecule has 0 aromatic heterocycles. The summed E-state index contributed by atoms with van der Waals surface area (Å²) in [5.41, 5.74) is 3.60. The van der Waals surface area contributed by atoms with Gasteiger partial charge in [-0.15, -0.1) is 0 Å². The van der Waals surface area contributed by atoms with Gasteiger partial charge in [-0.1, -0.05) is 54.2 Å². The third kappa shape index (κ3) is 6.96. The molecule has 2 atom stereocenters. The maximum Gasteiger partial charge on any atom is 0.338 e. The Bertz CT molecular complexity index is 1450. The first kappa shape index (κ1) is 30.4. The number of carbonyl (C=O) groups is 3. The van der Waals surface area contributed by atoms with Crippen LogP contribution in [0.1, 0.15) is 57.2 Å². The third-order valence-electron chi connectivity index (χ3n) is 7.64. The van der Waals surface area contributed by atoms with Crippen molar-refractivity contribution < 1.29 is 28.6 Å². The number of ether oxygens (including phenoxy) is 3. The molecule has 2 aromatic rings. The van der Waals surface area contributed by atoms with E-state index < -0.39 is 12.0 Å². The Kier molecular flexibility index (Phi) is 9.86. The number of hydrogen-bond acceptors (Lipinski definition) is 9. The number of allylic oxidation sites excluding steroid dienone is 1. The fourth-order valence-electron chi connectivity index (χ4n) is 5.59. The van der Waals surface area contributed by atoms with Crippen molar-refractivity contribution in [2.24, 2.45) is 10.9 Å². The van der Waals surface area contributed by atoms with Crippen molar-refractivity contribution in [3.63, 3.8) is 0 Å². The standard InChI is InChI=1S/C33H37N3O6S/c1-4-40-31(38)25-14-10-16-35(19-25)28(37)18-26-21-43-33-34-22(3)29(32(39)41-5-2)30(36(26)33)24-13-9-15-27(17-24)42-20-23-11-7-6-8-12-23/h6-9,11-13,15,17,21,25,30H,4-5,10,14,16,18-20H2,1-3H3/t25-,30-/m1/s1. The van der Waals surface area contributed by atoms with Crippen LogP contribution in [-0.2, 0) is 30.5 Å². The van der Waals surface area contributed by atoms with Gasteiger partial charge in [-0.2, -0.15) is 0 Å². The van der Waals surface area contributed by atoms with Gasteiger partial charge in [0, 0.05) is 18.8 Å². The Balaban J connectivity index is 1.41. The van der Waals surface area contributed by atoms with E-state index in [4.69, 9.17) is 19.2 Å². The summed E-state index contributed by atoms with van der Waals surface area (Å²) in [5, 5.41) is 2.62. The Morgan fingerprint density at radius 3 is 2.58 bits per heavy atom. The topological polar surface area (TPSA) is 97.7 Å². The van der Waals surface area contributed by atoms with Gasteiger partial charge < -0.3 is 24.0 Å². The lowest BCUT2D eigenvalue weighted by atomic mass is 9.93. The van der Waals surface area contributed by atoms with E-state index >= 15 is 0 Å². The zero-order valence-corrected chi connectivity index (χ0v) is 25.6. The number of hydrogen-bond donors (Lipinski definition) is 0. The first-order valence-electron chi connectivity index (χ1n) is 14.7. The Morgan fingerprint density at radius 2 is 1.81 bits per heavy atom. The second-order valence-corrected chi connectivity index (χ2v) is 11.4. The van der Waals surface area contributed by atoms with E-state index in [1.807, 2.05) is 71.8 Å². The van der Waals surface area contributed by atoms with Crippen molar-refractivity contribution in [3.05, 3.63) is 88.1 Å². The smallest absolute Gasteiger partial charge is 0.338 e. The summed E-state index contributed by atoms with van der Waals surface area (Å²) < 4.78 is 16.8. The summed E-state index contributed by atoms with van der Waals surface area (Å²) in [6.45, 7) is 7.26. The van der Waals surface area contributed by atoms with Crippen LogP contribution < -0.4 is 4.74 Å². The van der Waals surface area contributed by atoms with Crippen LogP contribution in [0.15, 0.2) is 82.0 Å². The normalized spacial score (nSPS) is 19.8. The number of carbonyl (C=O) groups excluding carboxylic acids is 3. The monoisotopic (exact) mass is 603 g/mol. The Labute approximate surface area is 256 Å². The number of esters is 2. The van der Waals surface area contributed by atoms with Crippen molar-refractivity contribution in [1.82, 2.24) is 9.80 Å². The lowest BCUT2D eigenvalue weighted by molar-refractivity contribution is -0.151. The minimum atomic E-state index is -0.561. The lowest BCUT2D eigenvalue weighted by Crippen LogP contribution is -2.44. The third-order valence-corrected chi connectivity index (χ3v) is 8.53. The van der Waals surface area contributed by atoms with E-state index in [1.165, 1.54) is 11.8 Å². The molecule has 3 heterocycles. The molecular weight excluding hydrogens is 566 g/mol. The van der Waals surface area contributed by atoms with Gasteiger partial charge in [0.15, 0.2) is 5.17 Å². The van der Waals surface area contributed by atoms with E-state index in [9.17, 15) is 14.4 Å². The van der Waals surface area contributed by atoms with Gasteiger partial charge >= 0.3 is 11.9 Å². The molecule has 0 radical (unpaired) electrons. The summed E-state index contributed by atoms with van der Waals surface area (Å²) >= 11 is 1.43. The Morgan fingerprint density at radius 1 is 1.02 bits per heavy atom. The molecule has 1 saturated heterocycles. The minimum absolute atomic E-state index is 0.0789. The molecule has 1 amide bonds. The fraction of sp³-hybridized carbons (Fsp3) is 0.394. The highest BCUT2D eigenvalue weighted by Gasteiger charge is 2.42. The highest BCUT2D eigenvalue weighted by molar-refractivity contribution is 8.16. The van der Waals surface area contributed by atoms with Crippen LogP contribution in [0.4, 0.5) is 0 Å². The quantitative estimate of drug-likeness (QED) is 0.324. The second-order valence-electron chi connectivity index (χ2n) is 10.6. The molecule has 0 saturated carbocycles. The largest absolute Gasteiger partial charge is 0.489 e. The molecule has 0 aliphatic carbocycles. The molecule has 0 N–H and O–H groups in total. The van der Waals surface area contributed by atoms with E-state index in [0.717, 1.165) is 23.2 Å². The molecule has 9 nitrogen and oxygen atoms in total. The summed E-state index contributed by atoms with van der Waals surface area (Å²) in [6, 6.07) is 17.0. The van der Waals surface area contributed by atoms with E-state index in [-0.39, 0.29) is 30.8 Å². The number of amides is 1. The van der Waals surface area contributed by atoms with Crippen LogP contribution in [0.5, 0.6) is 5.75 Å². The zero-order chi connectivity index (χ0) is 30.3. The van der Waals surface area contributed by atoms with Gasteiger partial charge in [-0.25, -0.2) is 9.79 Å². The summed E-state index contributed by atoms with van der Waals surface area (Å²) in [6.07, 6.45) is 1.56. The van der Waals surface area contributed by atoms with Gasteiger partial charge in [0.05, 0.1) is 42.9 Å². The van der Waals surface area contributed by atoms with Gasteiger partial charge in [0.2, 0.25) is 5.91 Å². The van der Waals surface area contributed by atoms with Gasteiger partial charge in [0.1, 0.15) is 12.4 Å². The van der Waals surface area contributed by atoms with Crippen LogP contribution in [-0.4, -0.2) is 59.1 Å². The SMILES string of the molecule is CCOC(=O)C1=C(C)N=C2SC=C(CC(=O)N3CCC[C@@H](C(=O)OCC)C3)N2[C@@H]1c1cccc(OCc2ccccc2)c1. The summed E-state index contributed by atoms with van der Waals surface area (Å²) in [7, 11) is 0. The van der Waals surface area contributed by atoms with E-state index in [2.05, 4.69) is 0 Å². The molecule has 3 aliphatic heterocycles. The molecule has 10 heteroatoms. The van der Waals surface area contributed by atoms with Crippen LogP contribution in [0.25, 0.3) is 0 Å². The predicted molar refractivity (Wildman–Crippen MR) is 165 cm³/mol. The van der Waals surface area contributed by atoms with E-state index in [0.29, 0.717) is 54.9 Å². The number of fused-ring (bicyclic) bond motifs is 1. The number of thioether (sulfide) groups is 1. The summed E-state index contributed by atoms with van der Waals surface area (Å²) in [5.74, 6) is -0.429. The number of piperidine rings is 1. The summed E-state index contributed by atoms with van der Waals surface area (Å²) in [4.78, 5) is 47.8. The highest BCUT2D eigenvalue weighted by Crippen LogP contribution is 2.45. The van der Waals surface area contributed by atoms with Crippen LogP contribution >= 0.6 is 11.8 Å². The molecule has 43 heavy (non-hydrogen) atoms. The number of benzene rings is 2. The van der Waals surface area contributed by atoms with Crippen molar-refractivity contribution >= 4 is 34.8 Å². The fourth-order valence-corrected chi connectivity index (χ4v) is 6.56. The lowest BCUT2D eigenvalue weighted by Gasteiger charge is -2.37.